The molecule has 0 saturated heterocycles. The van der Waals surface area contributed by atoms with Crippen molar-refractivity contribution in [1.29, 1.82) is 0 Å². The van der Waals surface area contributed by atoms with Crippen molar-refractivity contribution in [2.45, 2.75) is 16.5 Å². The van der Waals surface area contributed by atoms with E-state index in [1.165, 1.54) is 23.1 Å². The maximum atomic E-state index is 12.6. The highest BCUT2D eigenvalue weighted by atomic mass is 79.9. The van der Waals surface area contributed by atoms with Crippen LogP contribution in [0.4, 0.5) is 16.5 Å². The van der Waals surface area contributed by atoms with Crippen LogP contribution in [0.3, 0.4) is 0 Å². The van der Waals surface area contributed by atoms with Crippen LogP contribution in [0.25, 0.3) is 0 Å². The lowest BCUT2D eigenvalue weighted by Gasteiger charge is -2.19. The third-order valence-electron chi connectivity index (χ3n) is 3.94. The van der Waals surface area contributed by atoms with Crippen LogP contribution in [-0.2, 0) is 4.79 Å². The predicted octanol–water partition coefficient (Wildman–Crippen LogP) is 4.93. The van der Waals surface area contributed by atoms with E-state index in [4.69, 9.17) is 9.47 Å². The summed E-state index contributed by atoms with van der Waals surface area (Å²) in [5.41, 5.74) is 1.58. The summed E-state index contributed by atoms with van der Waals surface area (Å²) < 4.78 is 12.7. The number of carbonyl (C=O) groups excluding carboxylic acids is 1. The average molecular weight is 493 g/mol. The van der Waals surface area contributed by atoms with Crippen LogP contribution in [0.5, 0.6) is 11.5 Å². The van der Waals surface area contributed by atoms with Crippen LogP contribution in [0.1, 0.15) is 6.92 Å². The van der Waals surface area contributed by atoms with Crippen LogP contribution in [0, 0.1) is 0 Å². The molecule has 2 N–H and O–H groups in total. The molecular weight excluding hydrogens is 476 g/mol. The molecule has 2 heterocycles. The number of anilines is 3. The fraction of sp³-hybridized carbons (Fsp3) is 0.211. The Morgan fingerprint density at radius 2 is 1.97 bits per heavy atom. The van der Waals surface area contributed by atoms with Gasteiger partial charge >= 0.3 is 0 Å². The zero-order chi connectivity index (χ0) is 20.2. The van der Waals surface area contributed by atoms with Gasteiger partial charge in [0.2, 0.25) is 11.0 Å². The van der Waals surface area contributed by atoms with Gasteiger partial charge in [-0.15, -0.1) is 10.2 Å². The van der Waals surface area contributed by atoms with Crippen LogP contribution in [-0.4, -0.2) is 34.6 Å². The minimum absolute atomic E-state index is 0.122. The number of amides is 1. The molecular formula is C19H17BrN4O3S2. The van der Waals surface area contributed by atoms with E-state index in [9.17, 15) is 4.79 Å². The van der Waals surface area contributed by atoms with E-state index in [2.05, 4.69) is 36.8 Å². The molecule has 3 aromatic rings. The van der Waals surface area contributed by atoms with Gasteiger partial charge in [0.1, 0.15) is 13.2 Å². The Labute approximate surface area is 184 Å². The SMILES string of the molecule is CC(Sc1nnc(Nc2cccc(Br)c2)s1)C(=O)Nc1ccc2c(c1)OCCO2. The minimum Gasteiger partial charge on any atom is -0.486 e. The van der Waals surface area contributed by atoms with Gasteiger partial charge in [-0.05, 0) is 37.3 Å². The third-order valence-corrected chi connectivity index (χ3v) is 6.46. The number of fused-ring (bicyclic) bond motifs is 1. The highest BCUT2D eigenvalue weighted by molar-refractivity contribution is 9.10. The molecule has 1 amide bonds. The molecule has 0 saturated carbocycles. The van der Waals surface area contributed by atoms with E-state index < -0.39 is 0 Å². The summed E-state index contributed by atoms with van der Waals surface area (Å²) >= 11 is 6.20. The Hall–Kier alpha value is -2.30. The van der Waals surface area contributed by atoms with Gasteiger partial charge in [0.05, 0.1) is 5.25 Å². The zero-order valence-electron chi connectivity index (χ0n) is 15.3. The van der Waals surface area contributed by atoms with Crippen LogP contribution in [0.15, 0.2) is 51.3 Å². The summed E-state index contributed by atoms with van der Waals surface area (Å²) in [6, 6.07) is 13.2. The molecule has 7 nitrogen and oxygen atoms in total. The monoisotopic (exact) mass is 492 g/mol. The van der Waals surface area contributed by atoms with Crippen LogP contribution in [0.2, 0.25) is 0 Å². The fourth-order valence-electron chi connectivity index (χ4n) is 2.57. The molecule has 1 atom stereocenters. The van der Waals surface area contributed by atoms with Crippen molar-refractivity contribution in [3.8, 4) is 11.5 Å². The number of hydrogen-bond acceptors (Lipinski definition) is 8. The molecule has 1 unspecified atom stereocenters. The Bertz CT molecular complexity index is 1030. The fourth-order valence-corrected chi connectivity index (χ4v) is 4.88. The molecule has 150 valence electrons. The average Bonchev–Trinajstić information content (AvgIpc) is 3.14. The number of hydrogen-bond donors (Lipinski definition) is 2. The zero-order valence-corrected chi connectivity index (χ0v) is 18.6. The van der Waals surface area contributed by atoms with Gasteiger partial charge in [-0.1, -0.05) is 45.1 Å². The Balaban J connectivity index is 1.35. The maximum Gasteiger partial charge on any atom is 0.237 e. The number of benzene rings is 2. The molecule has 0 fully saturated rings. The first-order valence-corrected chi connectivity index (χ1v) is 11.3. The molecule has 1 aliphatic heterocycles. The lowest BCUT2D eigenvalue weighted by molar-refractivity contribution is -0.115. The van der Waals surface area contributed by atoms with Crippen LogP contribution < -0.4 is 20.1 Å². The summed E-state index contributed by atoms with van der Waals surface area (Å²) in [5.74, 6) is 1.21. The number of halogens is 1. The summed E-state index contributed by atoms with van der Waals surface area (Å²) in [6.07, 6.45) is 0. The van der Waals surface area contributed by atoms with Gasteiger partial charge in [-0.3, -0.25) is 4.79 Å². The summed E-state index contributed by atoms with van der Waals surface area (Å²) in [4.78, 5) is 12.6. The second kappa shape index (κ2) is 9.02. The number of thioether (sulfide) groups is 1. The summed E-state index contributed by atoms with van der Waals surface area (Å²) in [7, 11) is 0. The van der Waals surface area contributed by atoms with Gasteiger partial charge in [0.15, 0.2) is 15.8 Å². The first-order chi connectivity index (χ1) is 14.1. The topological polar surface area (TPSA) is 85.4 Å². The predicted molar refractivity (Wildman–Crippen MR) is 119 cm³/mol. The van der Waals surface area contributed by atoms with Crippen molar-refractivity contribution in [2.75, 3.05) is 23.8 Å². The van der Waals surface area contributed by atoms with Crippen molar-refractivity contribution in [3.05, 3.63) is 46.9 Å². The molecule has 1 aliphatic rings. The van der Waals surface area contributed by atoms with Crippen molar-refractivity contribution >= 4 is 61.4 Å². The minimum atomic E-state index is -0.338. The van der Waals surface area contributed by atoms with Gasteiger partial charge < -0.3 is 20.1 Å². The molecule has 2 aromatic carbocycles. The van der Waals surface area contributed by atoms with E-state index in [1.54, 1.807) is 18.2 Å². The highest BCUT2D eigenvalue weighted by Gasteiger charge is 2.19. The third kappa shape index (κ3) is 5.20. The van der Waals surface area contributed by atoms with E-state index in [0.29, 0.717) is 39.9 Å². The number of rotatable bonds is 6. The summed E-state index contributed by atoms with van der Waals surface area (Å²) in [6.45, 7) is 2.87. The summed E-state index contributed by atoms with van der Waals surface area (Å²) in [5, 5.41) is 14.8. The Morgan fingerprint density at radius 1 is 1.14 bits per heavy atom. The van der Waals surface area contributed by atoms with E-state index in [0.717, 1.165) is 10.2 Å². The Morgan fingerprint density at radius 3 is 2.79 bits per heavy atom. The van der Waals surface area contributed by atoms with Crippen molar-refractivity contribution < 1.29 is 14.3 Å². The largest absolute Gasteiger partial charge is 0.486 e. The number of nitrogens with one attached hydrogen (secondary N) is 2. The lowest BCUT2D eigenvalue weighted by Crippen LogP contribution is -2.22. The first-order valence-electron chi connectivity index (χ1n) is 8.80. The smallest absolute Gasteiger partial charge is 0.237 e. The number of aromatic nitrogens is 2. The first kappa shape index (κ1) is 20.0. The van der Waals surface area contributed by atoms with Crippen molar-refractivity contribution in [2.24, 2.45) is 0 Å². The quantitative estimate of drug-likeness (QED) is 0.471. The van der Waals surface area contributed by atoms with E-state index in [-0.39, 0.29) is 11.2 Å². The van der Waals surface area contributed by atoms with Gasteiger partial charge in [-0.2, -0.15) is 0 Å². The van der Waals surface area contributed by atoms with Crippen molar-refractivity contribution in [1.82, 2.24) is 10.2 Å². The van der Waals surface area contributed by atoms with Gasteiger partial charge in [0, 0.05) is 21.9 Å². The standard InChI is InChI=1S/C19H17BrN4O3S2/c1-11(17(25)21-14-5-6-15-16(10-14)27-8-7-26-15)28-19-24-23-18(29-19)22-13-4-2-3-12(20)9-13/h2-6,9-11H,7-8H2,1H3,(H,21,25)(H,22,23). The second-order valence-corrected chi connectivity index (χ2v) is 9.60. The molecule has 10 heteroatoms. The normalized spacial score (nSPS) is 13.6. The van der Waals surface area contributed by atoms with Crippen molar-refractivity contribution in [3.63, 3.8) is 0 Å². The molecule has 0 aliphatic carbocycles. The molecule has 0 radical (unpaired) electrons. The maximum absolute atomic E-state index is 12.6. The van der Waals surface area contributed by atoms with Gasteiger partial charge in [0.25, 0.3) is 0 Å². The molecule has 29 heavy (non-hydrogen) atoms. The van der Waals surface area contributed by atoms with Crippen LogP contribution >= 0.6 is 39.0 Å². The number of carbonyl (C=O) groups is 1. The Kier molecular flexibility index (Phi) is 6.22. The number of nitrogens with zero attached hydrogens (tertiary/aromatic N) is 2. The van der Waals surface area contributed by atoms with E-state index in [1.807, 2.05) is 31.2 Å². The van der Waals surface area contributed by atoms with E-state index >= 15 is 0 Å². The lowest BCUT2D eigenvalue weighted by atomic mass is 10.2. The second-order valence-electron chi connectivity index (χ2n) is 6.12. The molecule has 0 bridgehead atoms. The number of ether oxygens (including phenoxy) is 2. The molecule has 4 rings (SSSR count). The molecule has 1 aromatic heterocycles. The van der Waals surface area contributed by atoms with Gasteiger partial charge in [-0.25, -0.2) is 0 Å². The molecule has 0 spiro atoms. The highest BCUT2D eigenvalue weighted by Crippen LogP contribution is 2.34.